The van der Waals surface area contributed by atoms with Gasteiger partial charge in [-0.05, 0) is 18.6 Å². The number of amides is 1. The molecule has 0 radical (unpaired) electrons. The molecule has 0 unspecified atom stereocenters. The average Bonchev–Trinajstić information content (AvgIpc) is 3.09. The van der Waals surface area contributed by atoms with E-state index in [0.717, 1.165) is 19.5 Å². The van der Waals surface area contributed by atoms with Gasteiger partial charge >= 0.3 is 0 Å². The predicted molar refractivity (Wildman–Crippen MR) is 95.1 cm³/mol. The third-order valence-corrected chi connectivity index (χ3v) is 5.27. The van der Waals surface area contributed by atoms with Gasteiger partial charge in [0.15, 0.2) is 0 Å². The molecule has 5 nitrogen and oxygen atoms in total. The Morgan fingerprint density at radius 2 is 2.04 bits per heavy atom. The fourth-order valence-corrected chi connectivity index (χ4v) is 3.84. The summed E-state index contributed by atoms with van der Waals surface area (Å²) in [7, 11) is 0. The molecule has 1 aromatic carbocycles. The van der Waals surface area contributed by atoms with Crippen molar-refractivity contribution in [2.75, 3.05) is 26.2 Å². The maximum atomic E-state index is 13.7. The second-order valence-corrected chi connectivity index (χ2v) is 7.03. The lowest BCUT2D eigenvalue weighted by molar-refractivity contribution is 0.0438. The van der Waals surface area contributed by atoms with Gasteiger partial charge in [0.1, 0.15) is 5.82 Å². The average molecular weight is 373 g/mol. The molecule has 4 rings (SSSR count). The fraction of sp³-hybridized carbons (Fsp3) is 0.400. The number of ether oxygens (including phenoxy) is 1. The first kappa shape index (κ1) is 18.0. The van der Waals surface area contributed by atoms with Crippen LogP contribution in [0, 0.1) is 11.8 Å². The van der Waals surface area contributed by atoms with E-state index in [1.165, 1.54) is 24.4 Å². The molecule has 142 valence electrons. The number of pyridine rings is 1. The minimum absolute atomic E-state index is 0.0167. The number of fused-ring (bicyclic) bond motifs is 1. The van der Waals surface area contributed by atoms with E-state index < -0.39 is 5.95 Å². The third kappa shape index (κ3) is 3.99. The van der Waals surface area contributed by atoms with Crippen LogP contribution in [0.15, 0.2) is 42.6 Å². The Hall–Kier alpha value is -2.38. The van der Waals surface area contributed by atoms with Crippen LogP contribution < -0.4 is 0 Å². The van der Waals surface area contributed by atoms with E-state index in [9.17, 15) is 13.6 Å². The van der Waals surface area contributed by atoms with Crippen LogP contribution in [0.1, 0.15) is 22.3 Å². The molecule has 3 heterocycles. The van der Waals surface area contributed by atoms with E-state index in [4.69, 9.17) is 4.74 Å². The summed E-state index contributed by atoms with van der Waals surface area (Å²) >= 11 is 0. The van der Waals surface area contributed by atoms with Crippen molar-refractivity contribution in [2.24, 2.45) is 0 Å². The van der Waals surface area contributed by atoms with E-state index in [2.05, 4.69) is 9.88 Å². The van der Waals surface area contributed by atoms with Gasteiger partial charge in [-0.3, -0.25) is 9.69 Å². The van der Waals surface area contributed by atoms with Crippen LogP contribution in [0.3, 0.4) is 0 Å². The summed E-state index contributed by atoms with van der Waals surface area (Å²) < 4.78 is 32.9. The number of hydrogen-bond acceptors (Lipinski definition) is 4. The number of nitrogens with zero attached hydrogens (tertiary/aromatic N) is 3. The van der Waals surface area contributed by atoms with Crippen LogP contribution in [-0.4, -0.2) is 59.0 Å². The molecule has 2 saturated heterocycles. The van der Waals surface area contributed by atoms with Gasteiger partial charge in [-0.25, -0.2) is 9.37 Å². The minimum Gasteiger partial charge on any atom is -0.372 e. The Bertz CT molecular complexity index is 832. The molecule has 0 N–H and O–H groups in total. The van der Waals surface area contributed by atoms with Gasteiger partial charge in [0.25, 0.3) is 5.91 Å². The molecule has 0 saturated carbocycles. The molecule has 2 aliphatic rings. The van der Waals surface area contributed by atoms with Gasteiger partial charge in [-0.2, -0.15) is 4.39 Å². The number of aromatic nitrogens is 1. The predicted octanol–water partition coefficient (Wildman–Crippen LogP) is 2.48. The SMILES string of the molecule is O=C(c1ccnc(F)c1)N1CCN2C[C@@H](OCc3ccccc3F)C[C@@H]2C1. The number of carbonyl (C=O) groups excluding carboxylic acids is 1. The summed E-state index contributed by atoms with van der Waals surface area (Å²) in [5.74, 6) is -1.08. The Morgan fingerprint density at radius 1 is 1.19 bits per heavy atom. The van der Waals surface area contributed by atoms with Crippen molar-refractivity contribution in [2.45, 2.75) is 25.2 Å². The molecule has 0 spiro atoms. The smallest absolute Gasteiger partial charge is 0.254 e. The van der Waals surface area contributed by atoms with Gasteiger partial charge < -0.3 is 9.64 Å². The molecule has 2 aromatic rings. The fourth-order valence-electron chi connectivity index (χ4n) is 3.84. The Morgan fingerprint density at radius 3 is 2.85 bits per heavy atom. The third-order valence-electron chi connectivity index (χ3n) is 5.27. The van der Waals surface area contributed by atoms with Crippen LogP contribution in [0.5, 0.6) is 0 Å². The summed E-state index contributed by atoms with van der Waals surface area (Å²) in [6.45, 7) is 2.97. The molecule has 2 atom stereocenters. The summed E-state index contributed by atoms with van der Waals surface area (Å²) in [5.41, 5.74) is 0.875. The van der Waals surface area contributed by atoms with E-state index in [1.807, 2.05) is 0 Å². The minimum atomic E-state index is -0.651. The quantitative estimate of drug-likeness (QED) is 0.773. The molecule has 7 heteroatoms. The summed E-state index contributed by atoms with van der Waals surface area (Å²) in [6.07, 6.45) is 2.12. The first-order valence-corrected chi connectivity index (χ1v) is 9.10. The molecule has 1 aromatic heterocycles. The van der Waals surface area contributed by atoms with Crippen LogP contribution in [0.25, 0.3) is 0 Å². The maximum absolute atomic E-state index is 13.7. The number of benzene rings is 1. The zero-order valence-electron chi connectivity index (χ0n) is 14.9. The molecular formula is C20H21F2N3O2. The number of carbonyl (C=O) groups is 1. The number of halogens is 2. The van der Waals surface area contributed by atoms with E-state index in [1.54, 1.807) is 23.1 Å². The van der Waals surface area contributed by atoms with E-state index in [0.29, 0.717) is 24.2 Å². The number of hydrogen-bond donors (Lipinski definition) is 0. The van der Waals surface area contributed by atoms with E-state index in [-0.39, 0.29) is 30.5 Å². The van der Waals surface area contributed by atoms with Gasteiger partial charge in [0.05, 0.1) is 12.7 Å². The monoisotopic (exact) mass is 373 g/mol. The lowest BCUT2D eigenvalue weighted by atomic mass is 10.1. The highest BCUT2D eigenvalue weighted by atomic mass is 19.1. The topological polar surface area (TPSA) is 45.7 Å². The highest BCUT2D eigenvalue weighted by molar-refractivity contribution is 5.94. The van der Waals surface area contributed by atoms with E-state index >= 15 is 0 Å². The first-order valence-electron chi connectivity index (χ1n) is 9.10. The zero-order valence-corrected chi connectivity index (χ0v) is 14.9. The molecule has 0 bridgehead atoms. The van der Waals surface area contributed by atoms with Crippen molar-refractivity contribution in [3.8, 4) is 0 Å². The second kappa shape index (κ2) is 7.70. The van der Waals surface area contributed by atoms with Crippen molar-refractivity contribution in [1.29, 1.82) is 0 Å². The molecule has 2 aliphatic heterocycles. The van der Waals surface area contributed by atoms with Crippen LogP contribution in [0.4, 0.5) is 8.78 Å². The highest BCUT2D eigenvalue weighted by Crippen LogP contribution is 2.26. The van der Waals surface area contributed by atoms with Gasteiger partial charge in [0.2, 0.25) is 5.95 Å². The number of piperazine rings is 1. The van der Waals surface area contributed by atoms with Gasteiger partial charge in [-0.15, -0.1) is 0 Å². The summed E-state index contributed by atoms with van der Waals surface area (Å²) in [4.78, 5) is 20.2. The largest absolute Gasteiger partial charge is 0.372 e. The van der Waals surface area contributed by atoms with Crippen molar-refractivity contribution < 1.29 is 18.3 Å². The van der Waals surface area contributed by atoms with Gasteiger partial charge in [0, 0.05) is 55.6 Å². The number of rotatable bonds is 4. The van der Waals surface area contributed by atoms with Crippen LogP contribution in [0.2, 0.25) is 0 Å². The molecule has 0 aliphatic carbocycles. The Balaban J connectivity index is 1.34. The normalized spacial score (nSPS) is 22.7. The summed E-state index contributed by atoms with van der Waals surface area (Å²) in [5, 5.41) is 0. The Labute approximate surface area is 156 Å². The standard InChI is InChI=1S/C20H21F2N3O2/c21-18-4-2-1-3-15(18)13-27-17-10-16-11-25(8-7-24(16)12-17)20(26)14-5-6-23-19(22)9-14/h1-6,9,16-17H,7-8,10-13H2/t16-,17+/m1/s1. The highest BCUT2D eigenvalue weighted by Gasteiger charge is 2.38. The maximum Gasteiger partial charge on any atom is 0.254 e. The van der Waals surface area contributed by atoms with Gasteiger partial charge in [-0.1, -0.05) is 18.2 Å². The first-order chi connectivity index (χ1) is 13.1. The lowest BCUT2D eigenvalue weighted by Crippen LogP contribution is -2.52. The van der Waals surface area contributed by atoms with Crippen LogP contribution >= 0.6 is 0 Å². The van der Waals surface area contributed by atoms with Crippen molar-refractivity contribution in [3.05, 3.63) is 65.5 Å². The van der Waals surface area contributed by atoms with Crippen LogP contribution in [-0.2, 0) is 11.3 Å². The zero-order chi connectivity index (χ0) is 18.8. The van der Waals surface area contributed by atoms with Crippen molar-refractivity contribution in [3.63, 3.8) is 0 Å². The molecule has 1 amide bonds. The second-order valence-electron chi connectivity index (χ2n) is 7.03. The lowest BCUT2D eigenvalue weighted by Gasteiger charge is -2.37. The Kier molecular flexibility index (Phi) is 5.13. The molecular weight excluding hydrogens is 352 g/mol. The summed E-state index contributed by atoms with van der Waals surface area (Å²) in [6, 6.07) is 9.53. The van der Waals surface area contributed by atoms with Crippen molar-refractivity contribution in [1.82, 2.24) is 14.8 Å². The molecule has 2 fully saturated rings. The van der Waals surface area contributed by atoms with Crippen molar-refractivity contribution >= 4 is 5.91 Å². The molecule has 27 heavy (non-hydrogen) atoms.